The van der Waals surface area contributed by atoms with Gasteiger partial charge in [-0.1, -0.05) is 94.2 Å². The van der Waals surface area contributed by atoms with Gasteiger partial charge in [0.1, 0.15) is 0 Å². The van der Waals surface area contributed by atoms with E-state index in [-0.39, 0.29) is 5.41 Å². The molecule has 0 aromatic rings. The molecule has 1 rings (SSSR count). The van der Waals surface area contributed by atoms with Gasteiger partial charge in [0.25, 0.3) is 0 Å². The van der Waals surface area contributed by atoms with Crippen LogP contribution in [0.15, 0.2) is 69.4 Å². The fraction of sp³-hybridized carbons (Fsp3) is 0.657. The molecule has 0 aliphatic heterocycles. The van der Waals surface area contributed by atoms with E-state index in [0.29, 0.717) is 5.41 Å². The minimum Gasteiger partial charge on any atom is -0.0912 e. The van der Waals surface area contributed by atoms with E-state index >= 15 is 0 Å². The van der Waals surface area contributed by atoms with E-state index in [1.165, 1.54) is 85.7 Å². The molecule has 0 amide bonds. The number of rotatable bonds is 14. The van der Waals surface area contributed by atoms with Crippen molar-refractivity contribution in [2.45, 2.75) is 140 Å². The molecule has 0 saturated carbocycles. The van der Waals surface area contributed by atoms with Crippen LogP contribution in [-0.4, -0.2) is 0 Å². The molecule has 0 aromatic heterocycles. The zero-order valence-electron chi connectivity index (χ0n) is 25.5. The number of hydrogen-bond acceptors (Lipinski definition) is 0. The van der Waals surface area contributed by atoms with Crippen LogP contribution in [0.1, 0.15) is 140 Å². The maximum atomic E-state index is 4.47. The summed E-state index contributed by atoms with van der Waals surface area (Å²) in [6, 6.07) is 0. The third-order valence-electron chi connectivity index (χ3n) is 8.98. The Morgan fingerprint density at radius 3 is 1.86 bits per heavy atom. The molecule has 0 bridgehead atoms. The van der Waals surface area contributed by atoms with E-state index in [4.69, 9.17) is 0 Å². The summed E-state index contributed by atoms with van der Waals surface area (Å²) in [7, 11) is 0. The van der Waals surface area contributed by atoms with Gasteiger partial charge in [-0.25, -0.2) is 0 Å². The van der Waals surface area contributed by atoms with Gasteiger partial charge in [0.05, 0.1) is 0 Å². The zero-order valence-corrected chi connectivity index (χ0v) is 25.5. The highest BCUT2D eigenvalue weighted by atomic mass is 14.4. The largest absolute Gasteiger partial charge is 0.0912 e. The maximum Gasteiger partial charge on any atom is 0.00704 e. The summed E-state index contributed by atoms with van der Waals surface area (Å²) >= 11 is 0. The van der Waals surface area contributed by atoms with Crippen LogP contribution >= 0.6 is 0 Å². The molecule has 35 heavy (non-hydrogen) atoms. The third-order valence-corrected chi connectivity index (χ3v) is 8.98. The quantitative estimate of drug-likeness (QED) is 0.218. The summed E-state index contributed by atoms with van der Waals surface area (Å²) in [6.45, 7) is 30.1. The summed E-state index contributed by atoms with van der Waals surface area (Å²) in [4.78, 5) is 0. The standard InChI is InChI=1S/C35H58/c1-13-32(14-2)22-16-20-26(3)18-15-19-27(4)21-17-24-34(9,10)25-23-33-29(6)28(5)30(7)35(11,12)31(33)8/h18,21-22H,6,13-17,19-20,23-25H2,1-5,7-12H3/b26-18+,27-21+. The third kappa shape index (κ3) is 9.78. The minimum absolute atomic E-state index is 0.155. The van der Waals surface area contributed by atoms with Crippen molar-refractivity contribution >= 4 is 0 Å². The summed E-state index contributed by atoms with van der Waals surface area (Å²) in [6.07, 6.45) is 19.4. The highest BCUT2D eigenvalue weighted by Gasteiger charge is 2.32. The fourth-order valence-corrected chi connectivity index (χ4v) is 5.24. The predicted molar refractivity (Wildman–Crippen MR) is 161 cm³/mol. The smallest absolute Gasteiger partial charge is 0.00704 e. The van der Waals surface area contributed by atoms with Crippen molar-refractivity contribution < 1.29 is 0 Å². The van der Waals surface area contributed by atoms with Gasteiger partial charge in [0.15, 0.2) is 0 Å². The Hall–Kier alpha value is -1.56. The lowest BCUT2D eigenvalue weighted by Crippen LogP contribution is -2.23. The topological polar surface area (TPSA) is 0 Å². The highest BCUT2D eigenvalue weighted by Crippen LogP contribution is 2.47. The van der Waals surface area contributed by atoms with Gasteiger partial charge in [-0.15, -0.1) is 0 Å². The van der Waals surface area contributed by atoms with Crippen molar-refractivity contribution in [1.29, 1.82) is 0 Å². The first-order valence-electron chi connectivity index (χ1n) is 14.3. The average Bonchev–Trinajstić information content (AvgIpc) is 2.79. The van der Waals surface area contributed by atoms with Crippen molar-refractivity contribution in [3.63, 3.8) is 0 Å². The van der Waals surface area contributed by atoms with Gasteiger partial charge in [-0.3, -0.25) is 0 Å². The Morgan fingerprint density at radius 1 is 0.800 bits per heavy atom. The molecule has 1 aliphatic carbocycles. The molecule has 0 heteroatoms. The molecular weight excluding hydrogens is 420 g/mol. The second-order valence-corrected chi connectivity index (χ2v) is 12.4. The van der Waals surface area contributed by atoms with Crippen molar-refractivity contribution in [2.24, 2.45) is 10.8 Å². The molecule has 0 nitrogen and oxygen atoms in total. The van der Waals surface area contributed by atoms with Crippen molar-refractivity contribution in [3.05, 3.63) is 69.4 Å². The van der Waals surface area contributed by atoms with Crippen molar-refractivity contribution in [2.75, 3.05) is 0 Å². The molecular formula is C35H58. The minimum atomic E-state index is 0.155. The van der Waals surface area contributed by atoms with E-state index in [2.05, 4.69) is 101 Å². The molecule has 0 N–H and O–H groups in total. The first-order valence-corrected chi connectivity index (χ1v) is 14.3. The average molecular weight is 479 g/mol. The molecule has 198 valence electrons. The monoisotopic (exact) mass is 478 g/mol. The summed E-state index contributed by atoms with van der Waals surface area (Å²) in [5.74, 6) is 0. The van der Waals surface area contributed by atoms with E-state index in [1.807, 2.05) is 0 Å². The van der Waals surface area contributed by atoms with Crippen molar-refractivity contribution in [1.82, 2.24) is 0 Å². The maximum absolute atomic E-state index is 4.47. The fourth-order valence-electron chi connectivity index (χ4n) is 5.24. The molecule has 0 radical (unpaired) electrons. The Morgan fingerprint density at radius 2 is 1.31 bits per heavy atom. The van der Waals surface area contributed by atoms with Gasteiger partial charge in [0.2, 0.25) is 0 Å². The summed E-state index contributed by atoms with van der Waals surface area (Å²) < 4.78 is 0. The first-order chi connectivity index (χ1) is 16.3. The van der Waals surface area contributed by atoms with Crippen LogP contribution in [0.4, 0.5) is 0 Å². The van der Waals surface area contributed by atoms with Gasteiger partial charge in [-0.05, 0) is 121 Å². The second kappa shape index (κ2) is 14.2. The SMILES string of the molecule is C=C1C(C)=C(C)C(C)(C)C(C)=C1CCC(C)(C)CC/C=C(\C)CC/C=C(\C)CCC=C(CC)CC. The van der Waals surface area contributed by atoms with E-state index in [9.17, 15) is 0 Å². The predicted octanol–water partition coefficient (Wildman–Crippen LogP) is 12.0. The van der Waals surface area contributed by atoms with E-state index in [0.717, 1.165) is 6.42 Å². The lowest BCUT2D eigenvalue weighted by molar-refractivity contribution is 0.309. The lowest BCUT2D eigenvalue weighted by atomic mass is 9.67. The highest BCUT2D eigenvalue weighted by molar-refractivity contribution is 5.55. The molecule has 0 atom stereocenters. The van der Waals surface area contributed by atoms with Gasteiger partial charge >= 0.3 is 0 Å². The van der Waals surface area contributed by atoms with E-state index in [1.54, 1.807) is 16.7 Å². The van der Waals surface area contributed by atoms with Gasteiger partial charge < -0.3 is 0 Å². The van der Waals surface area contributed by atoms with Crippen LogP contribution in [0.2, 0.25) is 0 Å². The Balaban J connectivity index is 2.52. The summed E-state index contributed by atoms with van der Waals surface area (Å²) in [5.41, 5.74) is 12.4. The lowest BCUT2D eigenvalue weighted by Gasteiger charge is -2.38. The first kappa shape index (κ1) is 31.5. The Kier molecular flexibility index (Phi) is 12.8. The molecule has 0 fully saturated rings. The molecule has 0 saturated heterocycles. The molecule has 1 aliphatic rings. The number of hydrogen-bond donors (Lipinski definition) is 0. The van der Waals surface area contributed by atoms with Crippen LogP contribution in [0.5, 0.6) is 0 Å². The molecule has 0 unspecified atom stereocenters. The van der Waals surface area contributed by atoms with Crippen LogP contribution in [0.25, 0.3) is 0 Å². The van der Waals surface area contributed by atoms with Gasteiger partial charge in [0, 0.05) is 5.41 Å². The van der Waals surface area contributed by atoms with Crippen LogP contribution < -0.4 is 0 Å². The zero-order chi connectivity index (χ0) is 26.8. The van der Waals surface area contributed by atoms with E-state index < -0.39 is 0 Å². The van der Waals surface area contributed by atoms with Crippen LogP contribution in [-0.2, 0) is 0 Å². The second-order valence-electron chi connectivity index (χ2n) is 12.4. The van der Waals surface area contributed by atoms with Crippen LogP contribution in [0, 0.1) is 10.8 Å². The van der Waals surface area contributed by atoms with Crippen LogP contribution in [0.3, 0.4) is 0 Å². The Labute approximate surface area is 220 Å². The molecule has 0 aromatic carbocycles. The number of allylic oxidation sites excluding steroid dienone is 11. The molecule has 0 heterocycles. The Bertz CT molecular complexity index is 867. The summed E-state index contributed by atoms with van der Waals surface area (Å²) in [5, 5.41) is 0. The molecule has 0 spiro atoms. The van der Waals surface area contributed by atoms with Crippen molar-refractivity contribution in [3.8, 4) is 0 Å². The normalized spacial score (nSPS) is 17.4. The van der Waals surface area contributed by atoms with Gasteiger partial charge in [-0.2, -0.15) is 0 Å².